The van der Waals surface area contributed by atoms with Crippen LogP contribution in [-0.2, 0) is 4.79 Å². The molecule has 0 radical (unpaired) electrons. The Hall–Kier alpha value is -2.97. The molecular formula is C14H19N7O2. The minimum Gasteiger partial charge on any atom is -0.355 e. The van der Waals surface area contributed by atoms with E-state index in [9.17, 15) is 9.59 Å². The normalized spacial score (nSPS) is 10.2. The zero-order chi connectivity index (χ0) is 16.7. The molecule has 0 saturated heterocycles. The van der Waals surface area contributed by atoms with Gasteiger partial charge in [-0.2, -0.15) is 0 Å². The third-order valence-corrected chi connectivity index (χ3v) is 3.04. The first kappa shape index (κ1) is 16.4. The molecule has 0 unspecified atom stereocenters. The number of nitrogens with one attached hydrogen (secondary N) is 3. The van der Waals surface area contributed by atoms with Crippen molar-refractivity contribution < 1.29 is 9.59 Å². The number of nitrogens with zero attached hydrogens (tertiary/aromatic N) is 4. The van der Waals surface area contributed by atoms with Gasteiger partial charge in [-0.3, -0.25) is 4.79 Å². The summed E-state index contributed by atoms with van der Waals surface area (Å²) in [6, 6.07) is 4.91. The summed E-state index contributed by atoms with van der Waals surface area (Å²) < 4.78 is 1.51. The number of tetrazole rings is 1. The molecule has 0 spiro atoms. The number of rotatable bonds is 6. The van der Waals surface area contributed by atoms with Crippen LogP contribution >= 0.6 is 0 Å². The molecule has 0 bridgehead atoms. The average Bonchev–Trinajstić information content (AvgIpc) is 3.07. The number of hydrogen-bond acceptors (Lipinski definition) is 5. The van der Waals surface area contributed by atoms with Crippen LogP contribution in [0.25, 0.3) is 5.69 Å². The molecule has 1 aromatic heterocycles. The third-order valence-electron chi connectivity index (χ3n) is 3.04. The van der Waals surface area contributed by atoms with E-state index in [0.717, 1.165) is 17.7 Å². The Kier molecular flexibility index (Phi) is 5.61. The van der Waals surface area contributed by atoms with Crippen LogP contribution < -0.4 is 16.0 Å². The molecule has 0 aliphatic rings. The van der Waals surface area contributed by atoms with Gasteiger partial charge >= 0.3 is 6.03 Å². The van der Waals surface area contributed by atoms with E-state index in [1.807, 2.05) is 19.9 Å². The molecule has 1 heterocycles. The SMILES string of the molecule is CCCNC(=O)CNC(=O)Nc1ccc(C)c(-n2cnnn2)c1. The number of aryl methyl sites for hydroxylation is 1. The van der Waals surface area contributed by atoms with Crippen LogP contribution in [0.1, 0.15) is 18.9 Å². The number of carbonyl (C=O) groups excluding carboxylic acids is 2. The lowest BCUT2D eigenvalue weighted by Gasteiger charge is -2.10. The Morgan fingerprint density at radius 3 is 2.78 bits per heavy atom. The molecule has 0 aliphatic carbocycles. The predicted octanol–water partition coefficient (Wildman–Crippen LogP) is 0.618. The summed E-state index contributed by atoms with van der Waals surface area (Å²) in [7, 11) is 0. The largest absolute Gasteiger partial charge is 0.355 e. The van der Waals surface area contributed by atoms with Crippen molar-refractivity contribution in [3.8, 4) is 5.69 Å². The van der Waals surface area contributed by atoms with Gasteiger partial charge in [0.25, 0.3) is 0 Å². The Bertz CT molecular complexity index is 670. The summed E-state index contributed by atoms with van der Waals surface area (Å²) in [5, 5.41) is 18.9. The lowest BCUT2D eigenvalue weighted by molar-refractivity contribution is -0.120. The maximum atomic E-state index is 11.8. The second kappa shape index (κ2) is 7.87. The fourth-order valence-electron chi connectivity index (χ4n) is 1.87. The fourth-order valence-corrected chi connectivity index (χ4v) is 1.87. The van der Waals surface area contributed by atoms with Crippen LogP contribution in [0.3, 0.4) is 0 Å². The highest BCUT2D eigenvalue weighted by Crippen LogP contribution is 2.18. The predicted molar refractivity (Wildman–Crippen MR) is 84.2 cm³/mol. The van der Waals surface area contributed by atoms with Gasteiger partial charge in [0.2, 0.25) is 5.91 Å². The minimum absolute atomic E-state index is 0.0719. The molecule has 0 fully saturated rings. The van der Waals surface area contributed by atoms with Crippen LogP contribution in [0.4, 0.5) is 10.5 Å². The van der Waals surface area contributed by atoms with Crippen LogP contribution in [0, 0.1) is 6.92 Å². The molecule has 1 aromatic carbocycles. The van der Waals surface area contributed by atoms with Crippen molar-refractivity contribution in [1.82, 2.24) is 30.8 Å². The van der Waals surface area contributed by atoms with E-state index in [4.69, 9.17) is 0 Å². The smallest absolute Gasteiger partial charge is 0.319 e. The summed E-state index contributed by atoms with van der Waals surface area (Å²) in [4.78, 5) is 23.3. The molecule has 2 aromatic rings. The highest BCUT2D eigenvalue weighted by atomic mass is 16.2. The number of urea groups is 1. The average molecular weight is 317 g/mol. The minimum atomic E-state index is -0.455. The zero-order valence-corrected chi connectivity index (χ0v) is 13.0. The molecule has 122 valence electrons. The van der Waals surface area contributed by atoms with Crippen LogP contribution in [0.2, 0.25) is 0 Å². The Labute approximate surface area is 133 Å². The van der Waals surface area contributed by atoms with E-state index in [0.29, 0.717) is 12.2 Å². The first-order valence-electron chi connectivity index (χ1n) is 7.25. The maximum absolute atomic E-state index is 11.8. The molecule has 9 nitrogen and oxygen atoms in total. The monoisotopic (exact) mass is 317 g/mol. The van der Waals surface area contributed by atoms with Gasteiger partial charge in [0.1, 0.15) is 6.33 Å². The van der Waals surface area contributed by atoms with Gasteiger partial charge in [-0.05, 0) is 41.5 Å². The van der Waals surface area contributed by atoms with Crippen molar-refractivity contribution in [3.05, 3.63) is 30.1 Å². The number of anilines is 1. The standard InChI is InChI=1S/C14H19N7O2/c1-3-6-15-13(22)8-16-14(23)18-11-5-4-10(2)12(7-11)21-9-17-19-20-21/h4-5,7,9H,3,6,8H2,1-2H3,(H,15,22)(H2,16,18,23). The summed E-state index contributed by atoms with van der Waals surface area (Å²) in [5.74, 6) is -0.222. The quantitative estimate of drug-likeness (QED) is 0.722. The molecule has 0 saturated carbocycles. The summed E-state index contributed by atoms with van der Waals surface area (Å²) in [6.07, 6.45) is 2.32. The Morgan fingerprint density at radius 2 is 2.09 bits per heavy atom. The first-order valence-corrected chi connectivity index (χ1v) is 7.25. The fraction of sp³-hybridized carbons (Fsp3) is 0.357. The molecule has 0 atom stereocenters. The number of hydrogen-bond donors (Lipinski definition) is 3. The van der Waals surface area contributed by atoms with E-state index < -0.39 is 6.03 Å². The number of benzene rings is 1. The Balaban J connectivity index is 1.94. The molecular weight excluding hydrogens is 298 g/mol. The number of amides is 3. The highest BCUT2D eigenvalue weighted by Gasteiger charge is 2.08. The lowest BCUT2D eigenvalue weighted by atomic mass is 10.2. The second-order valence-corrected chi connectivity index (χ2v) is 4.91. The van der Waals surface area contributed by atoms with Gasteiger partial charge in [-0.25, -0.2) is 9.48 Å². The van der Waals surface area contributed by atoms with Crippen molar-refractivity contribution in [1.29, 1.82) is 0 Å². The molecule has 2 rings (SSSR count). The van der Waals surface area contributed by atoms with Gasteiger partial charge in [0.05, 0.1) is 12.2 Å². The lowest BCUT2D eigenvalue weighted by Crippen LogP contribution is -2.39. The van der Waals surface area contributed by atoms with Crippen LogP contribution in [0.5, 0.6) is 0 Å². The van der Waals surface area contributed by atoms with E-state index in [2.05, 4.69) is 31.5 Å². The van der Waals surface area contributed by atoms with Crippen molar-refractivity contribution in [2.75, 3.05) is 18.4 Å². The topological polar surface area (TPSA) is 114 Å². The van der Waals surface area contributed by atoms with Gasteiger partial charge in [0, 0.05) is 12.2 Å². The molecule has 3 N–H and O–H groups in total. The van der Waals surface area contributed by atoms with Crippen molar-refractivity contribution >= 4 is 17.6 Å². The van der Waals surface area contributed by atoms with Crippen LogP contribution in [0.15, 0.2) is 24.5 Å². The first-order chi connectivity index (χ1) is 11.1. The zero-order valence-electron chi connectivity index (χ0n) is 13.0. The highest BCUT2D eigenvalue weighted by molar-refractivity contribution is 5.92. The van der Waals surface area contributed by atoms with Gasteiger partial charge < -0.3 is 16.0 Å². The van der Waals surface area contributed by atoms with E-state index in [1.54, 1.807) is 12.1 Å². The number of carbonyl (C=O) groups is 2. The summed E-state index contributed by atoms with van der Waals surface area (Å²) in [6.45, 7) is 4.39. The summed E-state index contributed by atoms with van der Waals surface area (Å²) in [5.41, 5.74) is 2.29. The molecule has 0 aliphatic heterocycles. The van der Waals surface area contributed by atoms with Crippen molar-refractivity contribution in [2.45, 2.75) is 20.3 Å². The van der Waals surface area contributed by atoms with E-state index >= 15 is 0 Å². The van der Waals surface area contributed by atoms with Gasteiger partial charge in [0.15, 0.2) is 0 Å². The van der Waals surface area contributed by atoms with E-state index in [-0.39, 0.29) is 12.5 Å². The third kappa shape index (κ3) is 4.77. The van der Waals surface area contributed by atoms with Gasteiger partial charge in [-0.1, -0.05) is 13.0 Å². The number of aromatic nitrogens is 4. The molecule has 3 amide bonds. The van der Waals surface area contributed by atoms with Crippen molar-refractivity contribution in [3.63, 3.8) is 0 Å². The second-order valence-electron chi connectivity index (χ2n) is 4.91. The van der Waals surface area contributed by atoms with Crippen molar-refractivity contribution in [2.24, 2.45) is 0 Å². The van der Waals surface area contributed by atoms with Gasteiger partial charge in [-0.15, -0.1) is 5.10 Å². The molecule has 23 heavy (non-hydrogen) atoms. The van der Waals surface area contributed by atoms with Crippen LogP contribution in [-0.4, -0.2) is 45.2 Å². The maximum Gasteiger partial charge on any atom is 0.319 e. The summed E-state index contributed by atoms with van der Waals surface area (Å²) >= 11 is 0. The van der Waals surface area contributed by atoms with E-state index in [1.165, 1.54) is 11.0 Å². The Morgan fingerprint density at radius 1 is 1.26 bits per heavy atom. The molecule has 9 heteroatoms.